The zero-order valence-electron chi connectivity index (χ0n) is 20.4. The van der Waals surface area contributed by atoms with E-state index < -0.39 is 52.0 Å². The zero-order chi connectivity index (χ0) is 25.2. The summed E-state index contributed by atoms with van der Waals surface area (Å²) in [6.07, 6.45) is 1.99. The van der Waals surface area contributed by atoms with Gasteiger partial charge in [-0.15, -0.1) is 0 Å². The topological polar surface area (TPSA) is 131 Å². The van der Waals surface area contributed by atoms with Gasteiger partial charge in [0.15, 0.2) is 12.1 Å². The predicted molar refractivity (Wildman–Crippen MR) is 117 cm³/mol. The van der Waals surface area contributed by atoms with Gasteiger partial charge in [-0.2, -0.15) is 0 Å². The highest BCUT2D eigenvalue weighted by atomic mass is 16.6. The Labute approximate surface area is 194 Å². The van der Waals surface area contributed by atoms with Crippen LogP contribution in [0.5, 0.6) is 0 Å². The van der Waals surface area contributed by atoms with E-state index in [2.05, 4.69) is 0 Å². The molecule has 0 aliphatic carbocycles. The van der Waals surface area contributed by atoms with Gasteiger partial charge in [0, 0.05) is 31.6 Å². The lowest BCUT2D eigenvalue weighted by Crippen LogP contribution is -2.65. The number of allylic oxidation sites excluding steroid dienone is 1. The van der Waals surface area contributed by atoms with Crippen LogP contribution in [0.2, 0.25) is 0 Å². The molecule has 2 aliphatic heterocycles. The van der Waals surface area contributed by atoms with Gasteiger partial charge < -0.3 is 33.9 Å². The van der Waals surface area contributed by atoms with E-state index in [1.165, 1.54) is 27.9 Å². The van der Waals surface area contributed by atoms with Crippen molar-refractivity contribution in [1.29, 1.82) is 0 Å². The van der Waals surface area contributed by atoms with E-state index in [1.54, 1.807) is 26.0 Å². The summed E-state index contributed by atoms with van der Waals surface area (Å²) in [4.78, 5) is 36.8. The molecule has 0 aromatic carbocycles. The van der Waals surface area contributed by atoms with Gasteiger partial charge in [0.25, 0.3) is 0 Å². The maximum Gasteiger partial charge on any atom is 0.345 e. The van der Waals surface area contributed by atoms with Crippen molar-refractivity contribution in [3.63, 3.8) is 0 Å². The van der Waals surface area contributed by atoms with Crippen LogP contribution in [0.3, 0.4) is 0 Å². The fraction of sp³-hybridized carbons (Fsp3) is 0.696. The molecule has 10 heteroatoms. The molecule has 0 aromatic heterocycles. The average molecular weight is 470 g/mol. The van der Waals surface area contributed by atoms with Crippen LogP contribution < -0.4 is 0 Å². The van der Waals surface area contributed by atoms with Gasteiger partial charge in [0.2, 0.25) is 5.60 Å². The van der Waals surface area contributed by atoms with E-state index in [9.17, 15) is 24.7 Å². The number of rotatable bonds is 9. The van der Waals surface area contributed by atoms with Gasteiger partial charge in [-0.1, -0.05) is 6.08 Å². The molecule has 0 saturated carbocycles. The fourth-order valence-corrected chi connectivity index (χ4v) is 4.47. The highest BCUT2D eigenvalue weighted by Gasteiger charge is 2.58. The third-order valence-corrected chi connectivity index (χ3v) is 6.65. The second-order valence-corrected chi connectivity index (χ2v) is 9.11. The van der Waals surface area contributed by atoms with Crippen LogP contribution in [0.4, 0.5) is 0 Å². The van der Waals surface area contributed by atoms with Crippen LogP contribution in [0, 0.1) is 5.21 Å². The van der Waals surface area contributed by atoms with E-state index in [4.69, 9.17) is 18.9 Å². The van der Waals surface area contributed by atoms with E-state index in [0.29, 0.717) is 17.6 Å². The molecule has 10 nitrogen and oxygen atoms in total. The Morgan fingerprint density at radius 3 is 2.52 bits per heavy atom. The van der Waals surface area contributed by atoms with Crippen molar-refractivity contribution in [1.82, 2.24) is 0 Å². The minimum absolute atomic E-state index is 0.173. The lowest BCUT2D eigenvalue weighted by atomic mass is 9.81. The van der Waals surface area contributed by atoms with Crippen LogP contribution in [0.25, 0.3) is 0 Å². The monoisotopic (exact) mass is 469 g/mol. The Balaban J connectivity index is 2.20. The number of hydrogen-bond donors (Lipinski definition) is 1. The maximum atomic E-state index is 13.2. The molecule has 1 saturated heterocycles. The Bertz CT molecular complexity index is 849. The van der Waals surface area contributed by atoms with Crippen molar-refractivity contribution < 1.29 is 43.1 Å². The van der Waals surface area contributed by atoms with Gasteiger partial charge in [0.05, 0.1) is 19.2 Å². The first-order valence-electron chi connectivity index (χ1n) is 11.0. The lowest BCUT2D eigenvalue weighted by Gasteiger charge is -2.42. The summed E-state index contributed by atoms with van der Waals surface area (Å²) in [6, 6.07) is -0.694. The highest BCUT2D eigenvalue weighted by molar-refractivity contribution is 5.87. The van der Waals surface area contributed by atoms with E-state index >= 15 is 0 Å². The predicted octanol–water partition coefficient (Wildman–Crippen LogP) is 1.54. The molecular formula is C23H35NO9. The summed E-state index contributed by atoms with van der Waals surface area (Å²) in [7, 11) is 1.31. The Hall–Kier alpha value is -2.27. The van der Waals surface area contributed by atoms with Crippen LogP contribution >= 0.6 is 0 Å². The number of aliphatic hydroxyl groups is 1. The highest BCUT2D eigenvalue weighted by Crippen LogP contribution is 2.39. The molecule has 1 fully saturated rings. The summed E-state index contributed by atoms with van der Waals surface area (Å²) in [5.74, 6) is -2.24. The molecule has 0 unspecified atom stereocenters. The molecule has 0 amide bonds. The largest absolute Gasteiger partial charge is 0.632 e. The summed E-state index contributed by atoms with van der Waals surface area (Å²) < 4.78 is 20.8. The van der Waals surface area contributed by atoms with Crippen molar-refractivity contribution in [2.24, 2.45) is 0 Å². The standard InChI is InChI=1S/C23H35NO9/c1-8-14(2)20(26)32-18-10-12-24(29)11-9-17(19(18)24)13-31-21(27)23(28,15(3)30-7)22(5,6)33-16(4)25/h8-9,15,18-19,28H,10-13H2,1-7H3/b14-8-/t15-,18+,19-,23-,24-/m1/s1. The van der Waals surface area contributed by atoms with Crippen molar-refractivity contribution >= 4 is 17.9 Å². The minimum atomic E-state index is -2.32. The molecule has 2 aliphatic rings. The molecule has 0 spiro atoms. The Morgan fingerprint density at radius 2 is 1.97 bits per heavy atom. The summed E-state index contributed by atoms with van der Waals surface area (Å²) in [6.45, 7) is 8.91. The molecule has 186 valence electrons. The zero-order valence-corrected chi connectivity index (χ0v) is 20.4. The summed E-state index contributed by atoms with van der Waals surface area (Å²) in [5.41, 5.74) is -3.03. The number of hydroxylamine groups is 3. The van der Waals surface area contributed by atoms with Crippen molar-refractivity contribution in [3.8, 4) is 0 Å². The number of hydrogen-bond acceptors (Lipinski definition) is 9. The lowest BCUT2D eigenvalue weighted by molar-refractivity contribution is -0.877. The SMILES string of the molecule is C/C=C(/C)C(=O)O[C@H]1CC[N@+]2([O-])CC=C(COC(=O)[C@](O)([C@@H](C)OC)C(C)(C)OC(C)=O)[C@H]12. The smallest absolute Gasteiger partial charge is 0.345 e. The van der Waals surface area contributed by atoms with Gasteiger partial charge in [-0.05, 0) is 40.7 Å². The van der Waals surface area contributed by atoms with Crippen molar-refractivity contribution in [3.05, 3.63) is 28.5 Å². The molecule has 2 heterocycles. The minimum Gasteiger partial charge on any atom is -0.632 e. The van der Waals surface area contributed by atoms with E-state index in [1.807, 2.05) is 0 Å². The molecule has 0 aromatic rings. The number of ether oxygens (including phenoxy) is 4. The second-order valence-electron chi connectivity index (χ2n) is 9.11. The van der Waals surface area contributed by atoms with E-state index in [0.717, 1.165) is 6.92 Å². The number of quaternary nitrogens is 1. The number of fused-ring (bicyclic) bond motifs is 1. The first-order valence-corrected chi connectivity index (χ1v) is 11.0. The second kappa shape index (κ2) is 9.92. The molecule has 0 radical (unpaired) electrons. The maximum absolute atomic E-state index is 13.2. The van der Waals surface area contributed by atoms with Crippen LogP contribution in [0.1, 0.15) is 48.0 Å². The quantitative estimate of drug-likeness (QED) is 0.133. The number of esters is 3. The molecule has 5 atom stereocenters. The average Bonchev–Trinajstić information content (AvgIpc) is 3.24. The van der Waals surface area contributed by atoms with Gasteiger partial charge >= 0.3 is 17.9 Å². The fourth-order valence-electron chi connectivity index (χ4n) is 4.47. The van der Waals surface area contributed by atoms with Gasteiger partial charge in [-0.3, -0.25) is 4.79 Å². The molecule has 33 heavy (non-hydrogen) atoms. The Morgan fingerprint density at radius 1 is 1.33 bits per heavy atom. The molecular weight excluding hydrogens is 434 g/mol. The van der Waals surface area contributed by atoms with E-state index in [-0.39, 0.29) is 19.7 Å². The van der Waals surface area contributed by atoms with Crippen LogP contribution in [-0.2, 0) is 33.3 Å². The summed E-state index contributed by atoms with van der Waals surface area (Å²) >= 11 is 0. The third kappa shape index (κ3) is 5.13. The Kier molecular flexibility index (Phi) is 8.11. The number of carbonyl (C=O) groups is 3. The summed E-state index contributed by atoms with van der Waals surface area (Å²) in [5, 5.41) is 24.5. The van der Waals surface area contributed by atoms with Crippen molar-refractivity contribution in [2.45, 2.75) is 77.4 Å². The number of methoxy groups -OCH3 is 1. The molecule has 2 rings (SSSR count). The number of nitrogens with zero attached hydrogens (tertiary/aromatic N) is 1. The van der Waals surface area contributed by atoms with Gasteiger partial charge in [0.1, 0.15) is 12.2 Å². The normalized spacial score (nSPS) is 27.8. The van der Waals surface area contributed by atoms with Crippen LogP contribution in [0.15, 0.2) is 23.3 Å². The third-order valence-electron chi connectivity index (χ3n) is 6.65. The van der Waals surface area contributed by atoms with Crippen LogP contribution in [-0.4, -0.2) is 83.9 Å². The molecule has 0 bridgehead atoms. The van der Waals surface area contributed by atoms with Gasteiger partial charge in [-0.25, -0.2) is 9.59 Å². The molecule has 1 N–H and O–H groups in total. The first-order chi connectivity index (χ1) is 15.2. The van der Waals surface area contributed by atoms with Crippen molar-refractivity contribution in [2.75, 3.05) is 26.8 Å². The number of carbonyl (C=O) groups excluding carboxylic acids is 3. The first kappa shape index (κ1) is 27.0.